The molecule has 0 aliphatic rings. The maximum absolute atomic E-state index is 7.35. The molecule has 0 aliphatic heterocycles. The standard InChI is InChI=1S/C13H20N2O2/c1-3-4-5-8-17-11-7-6-10(13(14)15)9-12(11)16-2/h6-7,9H,3-5,8H2,1-2H3,(H3,14,15). The van der Waals surface area contributed by atoms with E-state index in [4.69, 9.17) is 20.6 Å². The molecule has 0 unspecified atom stereocenters. The topological polar surface area (TPSA) is 68.3 Å². The molecule has 0 aliphatic carbocycles. The number of ether oxygens (including phenoxy) is 2. The summed E-state index contributed by atoms with van der Waals surface area (Å²) in [4.78, 5) is 0. The van der Waals surface area contributed by atoms with E-state index in [1.54, 1.807) is 25.3 Å². The molecule has 0 spiro atoms. The van der Waals surface area contributed by atoms with E-state index in [1.807, 2.05) is 0 Å². The molecule has 94 valence electrons. The van der Waals surface area contributed by atoms with Gasteiger partial charge in [0.15, 0.2) is 11.5 Å². The first-order valence-corrected chi connectivity index (χ1v) is 5.84. The Labute approximate surface area is 102 Å². The van der Waals surface area contributed by atoms with E-state index in [2.05, 4.69) is 6.92 Å². The minimum atomic E-state index is 0.0285. The molecule has 1 aromatic carbocycles. The number of nitrogens with two attached hydrogens (primary N) is 1. The van der Waals surface area contributed by atoms with Crippen molar-refractivity contribution in [3.05, 3.63) is 23.8 Å². The number of methoxy groups -OCH3 is 1. The molecule has 0 fully saturated rings. The molecule has 0 aromatic heterocycles. The van der Waals surface area contributed by atoms with Crippen LogP contribution in [0.25, 0.3) is 0 Å². The van der Waals surface area contributed by atoms with Gasteiger partial charge >= 0.3 is 0 Å². The summed E-state index contributed by atoms with van der Waals surface area (Å²) in [6, 6.07) is 5.28. The number of hydrogen-bond acceptors (Lipinski definition) is 3. The van der Waals surface area contributed by atoms with Crippen molar-refractivity contribution >= 4 is 5.84 Å². The summed E-state index contributed by atoms with van der Waals surface area (Å²) in [5.41, 5.74) is 6.06. The summed E-state index contributed by atoms with van der Waals surface area (Å²) in [6.07, 6.45) is 3.37. The van der Waals surface area contributed by atoms with Gasteiger partial charge in [0.2, 0.25) is 0 Å². The fraction of sp³-hybridized carbons (Fsp3) is 0.462. The number of benzene rings is 1. The van der Waals surface area contributed by atoms with Gasteiger partial charge in [0.1, 0.15) is 5.84 Å². The highest BCUT2D eigenvalue weighted by molar-refractivity contribution is 5.95. The van der Waals surface area contributed by atoms with Crippen molar-refractivity contribution in [2.24, 2.45) is 5.73 Å². The van der Waals surface area contributed by atoms with Crippen LogP contribution >= 0.6 is 0 Å². The van der Waals surface area contributed by atoms with Gasteiger partial charge in [0.25, 0.3) is 0 Å². The Balaban J connectivity index is 2.68. The monoisotopic (exact) mass is 236 g/mol. The van der Waals surface area contributed by atoms with Gasteiger partial charge in [-0.25, -0.2) is 0 Å². The summed E-state index contributed by atoms with van der Waals surface area (Å²) in [5.74, 6) is 1.35. The van der Waals surface area contributed by atoms with E-state index in [0.29, 0.717) is 23.7 Å². The van der Waals surface area contributed by atoms with Crippen LogP contribution in [0, 0.1) is 5.41 Å². The first-order valence-electron chi connectivity index (χ1n) is 5.84. The average molecular weight is 236 g/mol. The highest BCUT2D eigenvalue weighted by Gasteiger charge is 2.06. The van der Waals surface area contributed by atoms with Gasteiger partial charge in [-0.15, -0.1) is 0 Å². The molecular formula is C13H20N2O2. The van der Waals surface area contributed by atoms with Crippen LogP contribution in [-0.4, -0.2) is 19.6 Å². The lowest BCUT2D eigenvalue weighted by molar-refractivity contribution is 0.286. The van der Waals surface area contributed by atoms with Gasteiger partial charge in [0.05, 0.1) is 13.7 Å². The molecule has 17 heavy (non-hydrogen) atoms. The highest BCUT2D eigenvalue weighted by Crippen LogP contribution is 2.28. The van der Waals surface area contributed by atoms with E-state index in [-0.39, 0.29) is 5.84 Å². The third-order valence-corrected chi connectivity index (χ3v) is 2.48. The molecular weight excluding hydrogens is 216 g/mol. The zero-order valence-electron chi connectivity index (χ0n) is 10.5. The van der Waals surface area contributed by atoms with Crippen LogP contribution in [0.1, 0.15) is 31.7 Å². The number of nitrogens with one attached hydrogen (secondary N) is 1. The Morgan fingerprint density at radius 3 is 2.65 bits per heavy atom. The molecule has 1 rings (SSSR count). The highest BCUT2D eigenvalue weighted by atomic mass is 16.5. The Kier molecular flexibility index (Phi) is 5.33. The van der Waals surface area contributed by atoms with E-state index >= 15 is 0 Å². The number of amidine groups is 1. The van der Waals surface area contributed by atoms with Crippen molar-refractivity contribution in [3.63, 3.8) is 0 Å². The molecule has 0 saturated heterocycles. The molecule has 3 N–H and O–H groups in total. The maximum atomic E-state index is 7.35. The lowest BCUT2D eigenvalue weighted by Crippen LogP contribution is -2.11. The number of rotatable bonds is 7. The Hall–Kier alpha value is -1.71. The van der Waals surface area contributed by atoms with Gasteiger partial charge in [-0.3, -0.25) is 5.41 Å². The molecule has 0 bridgehead atoms. The third kappa shape index (κ3) is 3.98. The first kappa shape index (κ1) is 13.4. The average Bonchev–Trinajstić information content (AvgIpc) is 2.34. The van der Waals surface area contributed by atoms with E-state index in [9.17, 15) is 0 Å². The Morgan fingerprint density at radius 2 is 2.06 bits per heavy atom. The second kappa shape index (κ2) is 6.78. The third-order valence-electron chi connectivity index (χ3n) is 2.48. The zero-order chi connectivity index (χ0) is 12.7. The van der Waals surface area contributed by atoms with Crippen LogP contribution in [0.4, 0.5) is 0 Å². The second-order valence-corrected chi connectivity index (χ2v) is 3.83. The lowest BCUT2D eigenvalue weighted by Gasteiger charge is -2.11. The Morgan fingerprint density at radius 1 is 1.29 bits per heavy atom. The first-order chi connectivity index (χ1) is 8.19. The summed E-state index contributed by atoms with van der Waals surface area (Å²) >= 11 is 0. The predicted octanol–water partition coefficient (Wildman–Crippen LogP) is 2.55. The largest absolute Gasteiger partial charge is 0.493 e. The van der Waals surface area contributed by atoms with Crippen molar-refractivity contribution in [3.8, 4) is 11.5 Å². The summed E-state index contributed by atoms with van der Waals surface area (Å²) in [5, 5.41) is 7.35. The molecule has 0 amide bonds. The van der Waals surface area contributed by atoms with E-state index in [1.165, 1.54) is 6.42 Å². The number of unbranched alkanes of at least 4 members (excludes halogenated alkanes) is 2. The molecule has 4 nitrogen and oxygen atoms in total. The van der Waals surface area contributed by atoms with Crippen LogP contribution in [0.2, 0.25) is 0 Å². The van der Waals surface area contributed by atoms with E-state index in [0.717, 1.165) is 12.8 Å². The van der Waals surface area contributed by atoms with Gasteiger partial charge in [-0.05, 0) is 24.6 Å². The summed E-state index contributed by atoms with van der Waals surface area (Å²) < 4.78 is 10.8. The van der Waals surface area contributed by atoms with Gasteiger partial charge < -0.3 is 15.2 Å². The van der Waals surface area contributed by atoms with Crippen molar-refractivity contribution in [1.82, 2.24) is 0 Å². The van der Waals surface area contributed by atoms with Crippen LogP contribution in [-0.2, 0) is 0 Å². The van der Waals surface area contributed by atoms with Crippen LogP contribution in [0.3, 0.4) is 0 Å². The zero-order valence-corrected chi connectivity index (χ0v) is 10.5. The summed E-state index contributed by atoms with van der Waals surface area (Å²) in [7, 11) is 1.58. The van der Waals surface area contributed by atoms with E-state index < -0.39 is 0 Å². The molecule has 4 heteroatoms. The fourth-order valence-corrected chi connectivity index (χ4v) is 1.49. The number of nitrogen functional groups attached to an aromatic ring is 1. The van der Waals surface area contributed by atoms with Crippen molar-refractivity contribution in [2.45, 2.75) is 26.2 Å². The van der Waals surface area contributed by atoms with Gasteiger partial charge in [-0.1, -0.05) is 19.8 Å². The molecule has 0 heterocycles. The van der Waals surface area contributed by atoms with Gasteiger partial charge in [-0.2, -0.15) is 0 Å². The fourth-order valence-electron chi connectivity index (χ4n) is 1.49. The van der Waals surface area contributed by atoms with Crippen LogP contribution < -0.4 is 15.2 Å². The van der Waals surface area contributed by atoms with Crippen molar-refractivity contribution in [2.75, 3.05) is 13.7 Å². The molecule has 1 aromatic rings. The SMILES string of the molecule is CCCCCOc1ccc(C(=N)N)cc1OC. The summed E-state index contributed by atoms with van der Waals surface area (Å²) in [6.45, 7) is 2.84. The van der Waals surface area contributed by atoms with Crippen LogP contribution in [0.15, 0.2) is 18.2 Å². The molecule has 0 atom stereocenters. The molecule has 0 radical (unpaired) electrons. The lowest BCUT2D eigenvalue weighted by atomic mass is 10.2. The van der Waals surface area contributed by atoms with Gasteiger partial charge in [0, 0.05) is 5.56 Å². The normalized spacial score (nSPS) is 10.0. The van der Waals surface area contributed by atoms with Crippen molar-refractivity contribution < 1.29 is 9.47 Å². The maximum Gasteiger partial charge on any atom is 0.161 e. The second-order valence-electron chi connectivity index (χ2n) is 3.83. The number of hydrogen-bond donors (Lipinski definition) is 2. The Bertz CT molecular complexity index is 378. The smallest absolute Gasteiger partial charge is 0.161 e. The predicted molar refractivity (Wildman–Crippen MR) is 69.0 cm³/mol. The molecule has 0 saturated carbocycles. The minimum Gasteiger partial charge on any atom is -0.493 e. The van der Waals surface area contributed by atoms with Crippen molar-refractivity contribution in [1.29, 1.82) is 5.41 Å². The quantitative estimate of drug-likeness (QED) is 0.434. The van der Waals surface area contributed by atoms with Crippen LogP contribution in [0.5, 0.6) is 11.5 Å². The minimum absolute atomic E-state index is 0.0285.